The van der Waals surface area contributed by atoms with E-state index in [1.165, 1.54) is 0 Å². The zero-order valence-corrected chi connectivity index (χ0v) is 10.3. The van der Waals surface area contributed by atoms with Crippen LogP contribution in [0.4, 0.5) is 0 Å². The lowest BCUT2D eigenvalue weighted by molar-refractivity contribution is 0.0936. The molecule has 0 aliphatic heterocycles. The van der Waals surface area contributed by atoms with Gasteiger partial charge in [0.2, 0.25) is 0 Å². The van der Waals surface area contributed by atoms with Gasteiger partial charge in [-0.3, -0.25) is 4.79 Å². The SMILES string of the molecule is CCC(CCl)NC(=O)c1ccccc1OC. The quantitative estimate of drug-likeness (QED) is 0.805. The predicted molar refractivity (Wildman–Crippen MR) is 65.3 cm³/mol. The number of nitrogens with one attached hydrogen (secondary N) is 1. The summed E-state index contributed by atoms with van der Waals surface area (Å²) < 4.78 is 5.12. The Morgan fingerprint density at radius 2 is 2.19 bits per heavy atom. The third-order valence-corrected chi connectivity index (χ3v) is 2.74. The van der Waals surface area contributed by atoms with E-state index < -0.39 is 0 Å². The average Bonchev–Trinajstić information content (AvgIpc) is 2.35. The Hall–Kier alpha value is -1.22. The van der Waals surface area contributed by atoms with Crippen LogP contribution in [0.3, 0.4) is 0 Å². The first-order valence-electron chi connectivity index (χ1n) is 5.22. The second kappa shape index (κ2) is 6.38. The van der Waals surface area contributed by atoms with Gasteiger partial charge >= 0.3 is 0 Å². The second-order valence-electron chi connectivity index (χ2n) is 3.43. The molecule has 4 heteroatoms. The smallest absolute Gasteiger partial charge is 0.255 e. The molecule has 3 nitrogen and oxygen atoms in total. The van der Waals surface area contributed by atoms with Crippen molar-refractivity contribution in [3.63, 3.8) is 0 Å². The van der Waals surface area contributed by atoms with Crippen LogP contribution < -0.4 is 10.1 Å². The molecule has 1 rings (SSSR count). The van der Waals surface area contributed by atoms with Gasteiger partial charge in [0.1, 0.15) is 5.75 Å². The molecule has 0 saturated heterocycles. The van der Waals surface area contributed by atoms with E-state index in [9.17, 15) is 4.79 Å². The number of alkyl halides is 1. The lowest BCUT2D eigenvalue weighted by Gasteiger charge is -2.15. The number of benzene rings is 1. The summed E-state index contributed by atoms with van der Waals surface area (Å²) in [7, 11) is 1.55. The van der Waals surface area contributed by atoms with Crippen molar-refractivity contribution < 1.29 is 9.53 Å². The third-order valence-electron chi connectivity index (χ3n) is 2.37. The van der Waals surface area contributed by atoms with Crippen LogP contribution in [-0.2, 0) is 0 Å². The molecule has 1 N–H and O–H groups in total. The van der Waals surface area contributed by atoms with Crippen LogP contribution in [0, 0.1) is 0 Å². The third kappa shape index (κ3) is 3.14. The molecule has 0 aliphatic rings. The van der Waals surface area contributed by atoms with Gasteiger partial charge in [-0.1, -0.05) is 19.1 Å². The van der Waals surface area contributed by atoms with Crippen molar-refractivity contribution in [3.8, 4) is 5.75 Å². The summed E-state index contributed by atoms with van der Waals surface area (Å²) in [6.07, 6.45) is 0.810. The minimum atomic E-state index is -0.148. The highest BCUT2D eigenvalue weighted by Crippen LogP contribution is 2.17. The molecule has 1 unspecified atom stereocenters. The van der Waals surface area contributed by atoms with E-state index in [1.807, 2.05) is 13.0 Å². The van der Waals surface area contributed by atoms with Gasteiger partial charge in [-0.25, -0.2) is 0 Å². The number of hydrogen-bond donors (Lipinski definition) is 1. The zero-order valence-electron chi connectivity index (χ0n) is 9.50. The Bertz CT molecular complexity index is 351. The predicted octanol–water partition coefficient (Wildman–Crippen LogP) is 2.44. The van der Waals surface area contributed by atoms with Crippen molar-refractivity contribution in [2.45, 2.75) is 19.4 Å². The van der Waals surface area contributed by atoms with E-state index in [1.54, 1.807) is 25.3 Å². The van der Waals surface area contributed by atoms with Crippen molar-refractivity contribution in [2.75, 3.05) is 13.0 Å². The lowest BCUT2D eigenvalue weighted by atomic mass is 10.1. The Morgan fingerprint density at radius 1 is 1.50 bits per heavy atom. The Kier molecular flexibility index (Phi) is 5.12. The fourth-order valence-corrected chi connectivity index (χ4v) is 1.64. The Labute approximate surface area is 101 Å². The van der Waals surface area contributed by atoms with Gasteiger partial charge in [-0.15, -0.1) is 11.6 Å². The summed E-state index contributed by atoms with van der Waals surface area (Å²) in [6, 6.07) is 7.12. The summed E-state index contributed by atoms with van der Waals surface area (Å²) in [5.41, 5.74) is 0.536. The molecule has 16 heavy (non-hydrogen) atoms. The number of carbonyl (C=O) groups excluding carboxylic acids is 1. The molecule has 1 amide bonds. The van der Waals surface area contributed by atoms with Gasteiger partial charge in [-0.05, 0) is 18.6 Å². The Morgan fingerprint density at radius 3 is 2.75 bits per heavy atom. The summed E-state index contributed by atoms with van der Waals surface area (Å²) in [5, 5.41) is 2.86. The number of para-hydroxylation sites is 1. The molecule has 1 aromatic carbocycles. The molecule has 0 aromatic heterocycles. The van der Waals surface area contributed by atoms with Crippen LogP contribution >= 0.6 is 11.6 Å². The Balaban J connectivity index is 2.79. The van der Waals surface area contributed by atoms with E-state index >= 15 is 0 Å². The van der Waals surface area contributed by atoms with Crippen molar-refractivity contribution >= 4 is 17.5 Å². The maximum absolute atomic E-state index is 11.9. The number of hydrogen-bond acceptors (Lipinski definition) is 2. The minimum absolute atomic E-state index is 0.000853. The lowest BCUT2D eigenvalue weighted by Crippen LogP contribution is -2.35. The molecule has 0 heterocycles. The minimum Gasteiger partial charge on any atom is -0.496 e. The first-order chi connectivity index (χ1) is 7.72. The summed E-state index contributed by atoms with van der Waals surface area (Å²) in [4.78, 5) is 11.9. The number of methoxy groups -OCH3 is 1. The highest BCUT2D eigenvalue weighted by Gasteiger charge is 2.14. The number of carbonyl (C=O) groups is 1. The number of ether oxygens (including phenoxy) is 1. The number of halogens is 1. The number of rotatable bonds is 5. The molecule has 0 aliphatic carbocycles. The standard InChI is InChI=1S/C12H16ClNO2/c1-3-9(8-13)14-12(15)10-6-4-5-7-11(10)16-2/h4-7,9H,3,8H2,1-2H3,(H,14,15). The van der Waals surface area contributed by atoms with Gasteiger partial charge in [0, 0.05) is 11.9 Å². The number of amides is 1. The maximum atomic E-state index is 11.9. The summed E-state index contributed by atoms with van der Waals surface area (Å²) >= 11 is 5.73. The van der Waals surface area contributed by atoms with E-state index in [4.69, 9.17) is 16.3 Å². The van der Waals surface area contributed by atoms with Crippen molar-refractivity contribution in [1.82, 2.24) is 5.32 Å². The van der Waals surface area contributed by atoms with Crippen LogP contribution in [-0.4, -0.2) is 24.9 Å². The van der Waals surface area contributed by atoms with Gasteiger partial charge in [0.05, 0.1) is 12.7 Å². The normalized spacial score (nSPS) is 11.9. The molecule has 0 saturated carbocycles. The van der Waals surface area contributed by atoms with Crippen molar-refractivity contribution in [1.29, 1.82) is 0 Å². The maximum Gasteiger partial charge on any atom is 0.255 e. The van der Waals surface area contributed by atoms with Crippen LogP contribution in [0.25, 0.3) is 0 Å². The van der Waals surface area contributed by atoms with Gasteiger partial charge in [0.25, 0.3) is 5.91 Å². The molecule has 1 aromatic rings. The van der Waals surface area contributed by atoms with Crippen LogP contribution in [0.15, 0.2) is 24.3 Å². The molecule has 0 bridgehead atoms. The average molecular weight is 242 g/mol. The summed E-state index contributed by atoms with van der Waals surface area (Å²) in [5.74, 6) is 0.839. The molecule has 0 spiro atoms. The second-order valence-corrected chi connectivity index (χ2v) is 3.74. The molecule has 1 atom stereocenters. The molecule has 0 radical (unpaired) electrons. The van der Waals surface area contributed by atoms with Crippen molar-refractivity contribution in [2.24, 2.45) is 0 Å². The fourth-order valence-electron chi connectivity index (χ4n) is 1.35. The molecular weight excluding hydrogens is 226 g/mol. The van der Waals surface area contributed by atoms with E-state index in [0.717, 1.165) is 6.42 Å². The monoisotopic (exact) mass is 241 g/mol. The highest BCUT2D eigenvalue weighted by atomic mass is 35.5. The molecule has 88 valence electrons. The van der Waals surface area contributed by atoms with Crippen LogP contribution in [0.2, 0.25) is 0 Å². The van der Waals surface area contributed by atoms with Gasteiger partial charge in [-0.2, -0.15) is 0 Å². The molecular formula is C12H16ClNO2. The van der Waals surface area contributed by atoms with Crippen molar-refractivity contribution in [3.05, 3.63) is 29.8 Å². The topological polar surface area (TPSA) is 38.3 Å². The van der Waals surface area contributed by atoms with E-state index in [-0.39, 0.29) is 11.9 Å². The summed E-state index contributed by atoms with van der Waals surface area (Å²) in [6.45, 7) is 1.98. The van der Waals surface area contributed by atoms with E-state index in [2.05, 4.69) is 5.32 Å². The first-order valence-corrected chi connectivity index (χ1v) is 5.76. The molecule has 0 fully saturated rings. The zero-order chi connectivity index (χ0) is 12.0. The van der Waals surface area contributed by atoms with Crippen LogP contribution in [0.5, 0.6) is 5.75 Å². The van der Waals surface area contributed by atoms with Crippen LogP contribution in [0.1, 0.15) is 23.7 Å². The first kappa shape index (κ1) is 12.8. The van der Waals surface area contributed by atoms with Gasteiger partial charge < -0.3 is 10.1 Å². The highest BCUT2D eigenvalue weighted by molar-refractivity contribution is 6.18. The fraction of sp³-hybridized carbons (Fsp3) is 0.417. The van der Waals surface area contributed by atoms with Gasteiger partial charge in [0.15, 0.2) is 0 Å². The van der Waals surface area contributed by atoms with E-state index in [0.29, 0.717) is 17.2 Å². The largest absolute Gasteiger partial charge is 0.496 e.